The summed E-state index contributed by atoms with van der Waals surface area (Å²) in [6.45, 7) is 4.58. The van der Waals surface area contributed by atoms with Gasteiger partial charge in [-0.25, -0.2) is 0 Å². The van der Waals surface area contributed by atoms with Crippen LogP contribution in [0.25, 0.3) is 0 Å². The largest absolute Gasteiger partial charge is 0.355 e. The zero-order valence-corrected chi connectivity index (χ0v) is 20.9. The van der Waals surface area contributed by atoms with Gasteiger partial charge in [-0.05, 0) is 48.7 Å². The van der Waals surface area contributed by atoms with E-state index in [4.69, 9.17) is 23.2 Å². The second-order valence-corrected chi connectivity index (χ2v) is 9.42. The number of carbonyl (C=O) groups excluding carboxylic acids is 2. The summed E-state index contributed by atoms with van der Waals surface area (Å²) in [7, 11) is 0. The number of likely N-dealkylation sites (N-methyl/N-ethyl adjacent to an activating group) is 1. The predicted octanol–water partition coefficient (Wildman–Crippen LogP) is 5.93. The fraction of sp³-hybridized carbons (Fsp3) is 0.364. The van der Waals surface area contributed by atoms with Crippen molar-refractivity contribution in [1.29, 1.82) is 0 Å². The van der Waals surface area contributed by atoms with E-state index in [0.29, 0.717) is 29.6 Å². The van der Waals surface area contributed by atoms with Crippen LogP contribution in [-0.2, 0) is 21.9 Å². The molecule has 1 N–H and O–H groups in total. The maximum atomic E-state index is 13.1. The van der Waals surface area contributed by atoms with Gasteiger partial charge in [-0.2, -0.15) is 0 Å². The third kappa shape index (κ3) is 7.49. The third-order valence-corrected chi connectivity index (χ3v) is 6.74. The van der Waals surface area contributed by atoms with Gasteiger partial charge in [0.2, 0.25) is 11.8 Å². The molecule has 162 valence electrons. The number of rotatable bonds is 10. The zero-order valence-electron chi connectivity index (χ0n) is 17.0. The monoisotopic (exact) mass is 530 g/mol. The molecule has 0 fully saturated rings. The average Bonchev–Trinajstić information content (AvgIpc) is 2.72. The van der Waals surface area contributed by atoms with E-state index < -0.39 is 6.04 Å². The highest BCUT2D eigenvalue weighted by atomic mass is 79.9. The van der Waals surface area contributed by atoms with Gasteiger partial charge in [-0.1, -0.05) is 64.3 Å². The minimum atomic E-state index is -0.541. The number of halogens is 3. The van der Waals surface area contributed by atoms with E-state index >= 15 is 0 Å². The first-order valence-electron chi connectivity index (χ1n) is 9.69. The molecule has 0 aromatic heterocycles. The Labute approximate surface area is 200 Å². The lowest BCUT2D eigenvalue weighted by molar-refractivity contribution is -0.139. The number of carbonyl (C=O) groups is 2. The number of amides is 2. The Morgan fingerprint density at radius 2 is 1.73 bits per heavy atom. The minimum Gasteiger partial charge on any atom is -0.355 e. The lowest BCUT2D eigenvalue weighted by Crippen LogP contribution is -2.49. The smallest absolute Gasteiger partial charge is 0.242 e. The summed E-state index contributed by atoms with van der Waals surface area (Å²) < 4.78 is 1.02. The Hall–Kier alpha value is -1.21. The van der Waals surface area contributed by atoms with Crippen LogP contribution in [0.2, 0.25) is 10.0 Å². The Bertz CT molecular complexity index is 865. The SMILES string of the molecule is CCNC(=O)C(CC)N(Cc1ccc(Cl)c(Cl)c1)C(=O)CSCc1ccc(Br)cc1. The lowest BCUT2D eigenvalue weighted by Gasteiger charge is -2.30. The standard InChI is InChI=1S/C22H25BrCl2N2O2S/c1-3-20(22(29)26-4-2)27(12-16-7-10-18(24)19(25)11-16)21(28)14-30-13-15-5-8-17(23)9-6-15/h5-11,20H,3-4,12-14H2,1-2H3,(H,26,29). The highest BCUT2D eigenvalue weighted by Crippen LogP contribution is 2.24. The summed E-state index contributed by atoms with van der Waals surface area (Å²) in [6, 6.07) is 12.7. The molecule has 30 heavy (non-hydrogen) atoms. The van der Waals surface area contributed by atoms with Gasteiger partial charge in [0.25, 0.3) is 0 Å². The number of hydrogen-bond acceptors (Lipinski definition) is 3. The van der Waals surface area contributed by atoms with Crippen molar-refractivity contribution in [3.8, 4) is 0 Å². The molecule has 2 aromatic rings. The van der Waals surface area contributed by atoms with Crippen LogP contribution in [0.5, 0.6) is 0 Å². The third-order valence-electron chi connectivity index (χ3n) is 4.48. The highest BCUT2D eigenvalue weighted by molar-refractivity contribution is 9.10. The molecule has 0 spiro atoms. The van der Waals surface area contributed by atoms with Gasteiger partial charge in [0.1, 0.15) is 6.04 Å². The minimum absolute atomic E-state index is 0.0821. The van der Waals surface area contributed by atoms with Gasteiger partial charge in [-0.3, -0.25) is 9.59 Å². The fourth-order valence-electron chi connectivity index (χ4n) is 2.97. The number of thioether (sulfide) groups is 1. The number of nitrogens with one attached hydrogen (secondary N) is 1. The zero-order chi connectivity index (χ0) is 22.1. The van der Waals surface area contributed by atoms with Crippen molar-refractivity contribution in [2.45, 2.75) is 38.6 Å². The van der Waals surface area contributed by atoms with Crippen molar-refractivity contribution in [3.05, 3.63) is 68.1 Å². The van der Waals surface area contributed by atoms with Crippen molar-refractivity contribution in [2.24, 2.45) is 0 Å². The molecule has 1 atom stereocenters. The van der Waals surface area contributed by atoms with Crippen molar-refractivity contribution in [1.82, 2.24) is 10.2 Å². The molecule has 0 aliphatic heterocycles. The topological polar surface area (TPSA) is 49.4 Å². The van der Waals surface area contributed by atoms with E-state index in [1.54, 1.807) is 17.0 Å². The second-order valence-electron chi connectivity index (χ2n) is 6.71. The van der Waals surface area contributed by atoms with Crippen LogP contribution in [0.15, 0.2) is 46.9 Å². The molecule has 2 aromatic carbocycles. The van der Waals surface area contributed by atoms with Crippen LogP contribution in [-0.4, -0.2) is 35.1 Å². The second kappa shape index (κ2) is 12.6. The Morgan fingerprint density at radius 3 is 2.33 bits per heavy atom. The Balaban J connectivity index is 2.13. The molecule has 0 heterocycles. The first-order valence-corrected chi connectivity index (χ1v) is 12.4. The highest BCUT2D eigenvalue weighted by Gasteiger charge is 2.28. The molecule has 8 heteroatoms. The average molecular weight is 532 g/mol. The molecule has 0 bridgehead atoms. The van der Waals surface area contributed by atoms with E-state index in [2.05, 4.69) is 21.2 Å². The first-order chi connectivity index (χ1) is 14.3. The van der Waals surface area contributed by atoms with Crippen LogP contribution in [0.4, 0.5) is 0 Å². The summed E-state index contributed by atoms with van der Waals surface area (Å²) >= 11 is 17.1. The van der Waals surface area contributed by atoms with Crippen LogP contribution < -0.4 is 5.32 Å². The van der Waals surface area contributed by atoms with Crippen molar-refractivity contribution >= 4 is 62.7 Å². The number of nitrogens with zero attached hydrogens (tertiary/aromatic N) is 1. The summed E-state index contributed by atoms with van der Waals surface area (Å²) in [4.78, 5) is 27.3. The molecule has 0 saturated carbocycles. The van der Waals surface area contributed by atoms with Crippen LogP contribution in [0.3, 0.4) is 0 Å². The van der Waals surface area contributed by atoms with Gasteiger partial charge >= 0.3 is 0 Å². The van der Waals surface area contributed by atoms with E-state index in [1.165, 1.54) is 11.8 Å². The number of hydrogen-bond donors (Lipinski definition) is 1. The Kier molecular flexibility index (Phi) is 10.5. The molecule has 0 saturated heterocycles. The predicted molar refractivity (Wildman–Crippen MR) is 130 cm³/mol. The fourth-order valence-corrected chi connectivity index (χ4v) is 4.42. The van der Waals surface area contributed by atoms with Gasteiger partial charge in [-0.15, -0.1) is 11.8 Å². The summed E-state index contributed by atoms with van der Waals surface area (Å²) in [6.07, 6.45) is 0.524. The molecule has 2 amide bonds. The molecule has 0 aliphatic carbocycles. The van der Waals surface area contributed by atoms with Crippen molar-refractivity contribution < 1.29 is 9.59 Å². The summed E-state index contributed by atoms with van der Waals surface area (Å²) in [5.74, 6) is 0.776. The van der Waals surface area contributed by atoms with Crippen LogP contribution >= 0.6 is 50.9 Å². The molecular weight excluding hydrogens is 507 g/mol. The molecule has 2 rings (SSSR count). The molecule has 4 nitrogen and oxygen atoms in total. The van der Waals surface area contributed by atoms with E-state index in [0.717, 1.165) is 21.4 Å². The van der Waals surface area contributed by atoms with Gasteiger partial charge in [0.05, 0.1) is 15.8 Å². The van der Waals surface area contributed by atoms with Gasteiger partial charge in [0.15, 0.2) is 0 Å². The quantitative estimate of drug-likeness (QED) is 0.413. The van der Waals surface area contributed by atoms with E-state index in [9.17, 15) is 9.59 Å². The maximum absolute atomic E-state index is 13.1. The summed E-state index contributed by atoms with van der Waals surface area (Å²) in [5, 5.41) is 3.72. The Morgan fingerprint density at radius 1 is 1.07 bits per heavy atom. The first kappa shape index (κ1) is 25.1. The van der Waals surface area contributed by atoms with Crippen LogP contribution in [0.1, 0.15) is 31.4 Å². The van der Waals surface area contributed by atoms with Gasteiger partial charge in [0, 0.05) is 23.3 Å². The molecule has 0 aliphatic rings. The van der Waals surface area contributed by atoms with Crippen molar-refractivity contribution in [3.63, 3.8) is 0 Å². The maximum Gasteiger partial charge on any atom is 0.242 e. The number of benzene rings is 2. The normalized spacial score (nSPS) is 11.8. The molecule has 1 unspecified atom stereocenters. The summed E-state index contributed by atoms with van der Waals surface area (Å²) in [5.41, 5.74) is 1.97. The van der Waals surface area contributed by atoms with Crippen LogP contribution in [0, 0.1) is 0 Å². The van der Waals surface area contributed by atoms with E-state index in [-0.39, 0.29) is 17.6 Å². The lowest BCUT2D eigenvalue weighted by atomic mass is 10.1. The van der Waals surface area contributed by atoms with E-state index in [1.807, 2.05) is 44.2 Å². The molecule has 0 radical (unpaired) electrons. The molecular formula is C22H25BrCl2N2O2S. The van der Waals surface area contributed by atoms with Crippen molar-refractivity contribution in [2.75, 3.05) is 12.3 Å². The van der Waals surface area contributed by atoms with Gasteiger partial charge < -0.3 is 10.2 Å².